The summed E-state index contributed by atoms with van der Waals surface area (Å²) in [5, 5.41) is 96.2. The minimum atomic E-state index is -1.87. The number of aliphatic hydroxyl groups excluding tert-OH is 7. The van der Waals surface area contributed by atoms with E-state index in [1.807, 2.05) is 0 Å². The van der Waals surface area contributed by atoms with E-state index < -0.39 is 85.5 Å². The Morgan fingerprint density at radius 3 is 2.25 bits per heavy atom. The molecule has 0 bridgehead atoms. The number of fused-ring (bicyclic) bond motifs is 1. The van der Waals surface area contributed by atoms with Gasteiger partial charge in [0.25, 0.3) is 0 Å². The van der Waals surface area contributed by atoms with Crippen molar-refractivity contribution in [2.45, 2.75) is 165 Å². The first-order valence-electron chi connectivity index (χ1n) is 20.5. The highest BCUT2D eigenvalue weighted by atomic mass is 16.7. The molecule has 1 amide bonds. The molecule has 0 aliphatic carbocycles. The van der Waals surface area contributed by atoms with Crippen LogP contribution in [0.1, 0.15) is 111 Å². The minimum Gasteiger partial charge on any atom is -0.394 e. The van der Waals surface area contributed by atoms with Gasteiger partial charge in [-0.05, 0) is 42.1 Å². The lowest BCUT2D eigenvalue weighted by Crippen LogP contribution is -2.63. The summed E-state index contributed by atoms with van der Waals surface area (Å²) in [5.74, 6) is -0.708. The molecule has 3 rings (SSSR count). The number of rotatable bonds is 29. The van der Waals surface area contributed by atoms with Crippen molar-refractivity contribution in [3.8, 4) is 0 Å². The Labute approximate surface area is 328 Å². The summed E-state index contributed by atoms with van der Waals surface area (Å²) in [6.07, 6.45) is 3.25. The van der Waals surface area contributed by atoms with Gasteiger partial charge in [0, 0.05) is 20.4 Å². The van der Waals surface area contributed by atoms with Gasteiger partial charge in [-0.3, -0.25) is 14.9 Å². The van der Waals surface area contributed by atoms with Crippen molar-refractivity contribution >= 4 is 28.3 Å². The number of benzene rings is 1. The summed E-state index contributed by atoms with van der Waals surface area (Å²) < 4.78 is 24.3. The Kier molecular flexibility index (Phi) is 20.9. The number of hydrogen-bond donors (Lipinski definition) is 9. The molecule has 0 spiro atoms. The molecule has 4 unspecified atom stereocenters. The van der Waals surface area contributed by atoms with Gasteiger partial charge in [0.05, 0.1) is 36.0 Å². The van der Waals surface area contributed by atoms with Crippen molar-refractivity contribution in [1.82, 2.24) is 15.6 Å². The average molecular weight is 799 g/mol. The maximum atomic E-state index is 13.2. The lowest BCUT2D eigenvalue weighted by molar-refractivity contribution is -0.383. The minimum absolute atomic E-state index is 0.00813. The first-order chi connectivity index (χ1) is 27.4. The van der Waals surface area contributed by atoms with Crippen LogP contribution < -0.4 is 10.6 Å². The van der Waals surface area contributed by atoms with E-state index in [0.29, 0.717) is 31.5 Å². The van der Waals surface area contributed by atoms with E-state index in [-0.39, 0.29) is 23.1 Å². The van der Waals surface area contributed by atoms with E-state index in [4.69, 9.17) is 10.8 Å². The molecule has 1 aromatic heterocycles. The summed E-state index contributed by atoms with van der Waals surface area (Å²) in [7, 11) is 0. The number of anilines is 1. The number of aromatic nitrogens is 2. The molecule has 0 radical (unpaired) electrons. The summed E-state index contributed by atoms with van der Waals surface area (Å²) in [6, 6.07) is 1.64. The van der Waals surface area contributed by atoms with E-state index in [9.17, 15) is 50.7 Å². The number of nitro benzene ring substituents is 1. The van der Waals surface area contributed by atoms with Gasteiger partial charge in [-0.1, -0.05) is 89.7 Å². The van der Waals surface area contributed by atoms with Crippen LogP contribution in [0.25, 0.3) is 11.0 Å². The third kappa shape index (κ3) is 15.2. The van der Waals surface area contributed by atoms with Crippen LogP contribution in [0.4, 0.5) is 11.4 Å². The predicted octanol–water partition coefficient (Wildman–Crippen LogP) is 2.74. The van der Waals surface area contributed by atoms with Crippen LogP contribution in [-0.4, -0.2) is 132 Å². The monoisotopic (exact) mass is 798 g/mol. The molecule has 1 fully saturated rings. The highest BCUT2D eigenvalue weighted by Gasteiger charge is 2.48. The Balaban J connectivity index is 1.53. The molecular formula is C38H63N5O13. The molecule has 1 aliphatic heterocycles. The quantitative estimate of drug-likeness (QED) is 0.0248. The second kappa shape index (κ2) is 25.8. The Hall–Kier alpha value is -3.33. The number of nitro groups is 1. The summed E-state index contributed by atoms with van der Waals surface area (Å²) >= 11 is 0. The molecule has 1 aliphatic rings. The van der Waals surface area contributed by atoms with Crippen LogP contribution in [0.5, 0.6) is 0 Å². The van der Waals surface area contributed by atoms with Gasteiger partial charge in [0.1, 0.15) is 36.6 Å². The number of hydrogen-bond acceptors (Lipinski definition) is 16. The third-order valence-electron chi connectivity index (χ3n) is 9.88. The largest absolute Gasteiger partial charge is 0.394 e. The van der Waals surface area contributed by atoms with Gasteiger partial charge in [0.15, 0.2) is 11.8 Å². The fourth-order valence-electron chi connectivity index (χ4n) is 6.45. The van der Waals surface area contributed by atoms with Crippen molar-refractivity contribution in [3.05, 3.63) is 34.4 Å². The summed E-state index contributed by atoms with van der Waals surface area (Å²) in [4.78, 5) is 23.8. The van der Waals surface area contributed by atoms with Crippen LogP contribution in [0.2, 0.25) is 0 Å². The third-order valence-corrected chi connectivity index (χ3v) is 9.88. The van der Waals surface area contributed by atoms with Gasteiger partial charge in [0.2, 0.25) is 11.4 Å². The number of carbonyl (C=O) groups excluding carboxylic acids is 1. The second-order valence-electron chi connectivity index (χ2n) is 14.4. The smallest absolute Gasteiger partial charge is 0.300 e. The van der Waals surface area contributed by atoms with Gasteiger partial charge >= 0.3 is 5.69 Å². The SMILES string of the molecule is [2H]C(CCCCNc1ccc([N+](=O)[O-])c2nonc12)C(=O)NC(COC1O[C@H]([C@@H](O)[C@H](O)CO)[C@@H](O)[C@H](O)[C@H]1O)C(O)C=CCCCCCCCCCCCCC. The second-order valence-corrected chi connectivity index (χ2v) is 14.4. The molecule has 56 heavy (non-hydrogen) atoms. The molecule has 2 aromatic rings. The molecular weight excluding hydrogens is 734 g/mol. The Bertz CT molecular complexity index is 1480. The number of nitrogens with zero attached hydrogens (tertiary/aromatic N) is 3. The lowest BCUT2D eigenvalue weighted by Gasteiger charge is -2.43. The lowest BCUT2D eigenvalue weighted by atomic mass is 9.93. The molecule has 2 heterocycles. The van der Waals surface area contributed by atoms with E-state index >= 15 is 0 Å². The number of non-ortho nitro benzene ring substituents is 1. The normalized spacial score (nSPS) is 23.1. The topological polar surface area (TPSA) is 283 Å². The van der Waals surface area contributed by atoms with E-state index in [1.165, 1.54) is 69.6 Å². The van der Waals surface area contributed by atoms with Crippen LogP contribution in [0.3, 0.4) is 0 Å². The van der Waals surface area contributed by atoms with Crippen molar-refractivity contribution in [2.75, 3.05) is 25.1 Å². The number of carbonyl (C=O) groups is 1. The number of aliphatic hydroxyl groups is 7. The number of allylic oxidation sites excluding steroid dienone is 1. The van der Waals surface area contributed by atoms with Crippen molar-refractivity contribution in [3.63, 3.8) is 0 Å². The van der Waals surface area contributed by atoms with Crippen molar-refractivity contribution in [2.24, 2.45) is 0 Å². The first-order valence-corrected chi connectivity index (χ1v) is 19.9. The molecule has 10 atom stereocenters. The number of amides is 1. The summed E-state index contributed by atoms with van der Waals surface area (Å²) in [5.41, 5.74) is 0.444. The highest BCUT2D eigenvalue weighted by molar-refractivity contribution is 5.93. The van der Waals surface area contributed by atoms with Gasteiger partial charge in [-0.2, -0.15) is 0 Å². The highest BCUT2D eigenvalue weighted by Crippen LogP contribution is 2.29. The van der Waals surface area contributed by atoms with E-state index in [2.05, 4.69) is 32.5 Å². The maximum Gasteiger partial charge on any atom is 0.300 e. The molecule has 18 heteroatoms. The van der Waals surface area contributed by atoms with E-state index in [1.54, 1.807) is 6.08 Å². The van der Waals surface area contributed by atoms with Crippen LogP contribution in [0, 0.1) is 10.1 Å². The molecule has 0 saturated carbocycles. The molecule has 9 N–H and O–H groups in total. The van der Waals surface area contributed by atoms with Gasteiger partial charge in [-0.15, -0.1) is 0 Å². The first kappa shape index (κ1) is 45.4. The van der Waals surface area contributed by atoms with Gasteiger partial charge < -0.3 is 55.9 Å². The maximum absolute atomic E-state index is 13.2. The zero-order valence-electron chi connectivity index (χ0n) is 33.2. The van der Waals surface area contributed by atoms with Crippen LogP contribution in [-0.2, 0) is 14.3 Å². The average Bonchev–Trinajstić information content (AvgIpc) is 3.70. The molecule has 1 aromatic carbocycles. The van der Waals surface area contributed by atoms with Crippen molar-refractivity contribution in [1.29, 1.82) is 0 Å². The fraction of sp³-hybridized carbons (Fsp3) is 0.763. The van der Waals surface area contributed by atoms with Crippen LogP contribution in [0.15, 0.2) is 28.9 Å². The standard InChI is InChI=1S/C38H63N5O13/c1-2-3-4-5-6-7-8-9-10-11-12-13-15-18-28(45)26(24-54-38-36(51)34(49)35(50)37(55-38)33(48)29(46)23-44)40-30(47)19-16-14-17-22-39-25-20-21-27(43(52)53)32-31(25)41-56-42-32/h15,18,20-21,26,28-29,33-39,44-46,48-51H,2-14,16-17,19,22-24H2,1H3,(H,40,47)/t26?,28?,29-,33+,34+,35+,36-,37-,38?/m1/s1/i19D/t19?,26?,28?,29-,33+,34+,35+,36-,37-,38?. The predicted molar refractivity (Wildman–Crippen MR) is 205 cm³/mol. The molecule has 318 valence electrons. The van der Waals surface area contributed by atoms with Crippen molar-refractivity contribution < 1.29 is 60.9 Å². The number of ether oxygens (including phenoxy) is 2. The van der Waals surface area contributed by atoms with E-state index in [0.717, 1.165) is 19.3 Å². The Morgan fingerprint density at radius 1 is 0.946 bits per heavy atom. The summed E-state index contributed by atoms with van der Waals surface area (Å²) in [6.45, 7) is 1.24. The Morgan fingerprint density at radius 2 is 1.59 bits per heavy atom. The van der Waals surface area contributed by atoms with Gasteiger partial charge in [-0.25, -0.2) is 4.63 Å². The zero-order chi connectivity index (χ0) is 41.7. The molecule has 1 saturated heterocycles. The zero-order valence-corrected chi connectivity index (χ0v) is 32.2. The fourth-order valence-corrected chi connectivity index (χ4v) is 6.45. The number of unbranched alkanes of at least 4 members (excludes halogenated alkanes) is 12. The molecule has 18 nitrogen and oxygen atoms in total. The number of nitrogens with one attached hydrogen (secondary N) is 2. The van der Waals surface area contributed by atoms with Crippen LogP contribution >= 0.6 is 0 Å².